The van der Waals surface area contributed by atoms with E-state index in [1.807, 2.05) is 30.3 Å². The van der Waals surface area contributed by atoms with Gasteiger partial charge in [-0.25, -0.2) is 13.1 Å². The van der Waals surface area contributed by atoms with E-state index < -0.39 is 10.0 Å². The van der Waals surface area contributed by atoms with Gasteiger partial charge in [-0.15, -0.1) is 5.10 Å². The number of nitrogens with zero attached hydrogens (tertiary/aromatic N) is 4. The molecular weight excluding hydrogens is 390 g/mol. The smallest absolute Gasteiger partial charge is 0.243 e. The summed E-state index contributed by atoms with van der Waals surface area (Å²) in [4.78, 5) is 12.4. The van der Waals surface area contributed by atoms with Gasteiger partial charge in [-0.1, -0.05) is 35.5 Å². The third-order valence-corrected chi connectivity index (χ3v) is 6.97. The van der Waals surface area contributed by atoms with Gasteiger partial charge in [0.15, 0.2) is 0 Å². The molecule has 0 atom stereocenters. The zero-order chi connectivity index (χ0) is 20.3. The number of aryl methyl sites for hydroxylation is 1. The monoisotopic (exact) mass is 413 g/mol. The van der Waals surface area contributed by atoms with Crippen LogP contribution in [0, 0.1) is 0 Å². The molecule has 0 radical (unpaired) electrons. The molecule has 2 aromatic carbocycles. The van der Waals surface area contributed by atoms with Crippen molar-refractivity contribution >= 4 is 27.0 Å². The topological polar surface area (TPSA) is 97.2 Å². The second-order valence-corrected chi connectivity index (χ2v) is 9.02. The summed E-state index contributed by atoms with van der Waals surface area (Å²) in [6.45, 7) is 1.97. The summed E-state index contributed by atoms with van der Waals surface area (Å²) in [5.41, 5.74) is 2.26. The van der Waals surface area contributed by atoms with E-state index in [-0.39, 0.29) is 17.2 Å². The number of carbonyl (C=O) groups excluding carboxylic acids is 1. The van der Waals surface area contributed by atoms with E-state index in [0.717, 1.165) is 18.4 Å². The van der Waals surface area contributed by atoms with Gasteiger partial charge in [0.25, 0.3) is 0 Å². The lowest BCUT2D eigenvalue weighted by molar-refractivity contribution is -0.121. The second-order valence-electron chi connectivity index (χ2n) is 7.09. The normalized spacial score (nSPS) is 15.0. The molecule has 3 aromatic rings. The highest BCUT2D eigenvalue weighted by Gasteiger charge is 2.27. The molecular formula is C20H23N5O3S. The van der Waals surface area contributed by atoms with Crippen LogP contribution in [0.4, 0.5) is 0 Å². The Morgan fingerprint density at radius 2 is 1.83 bits per heavy atom. The summed E-state index contributed by atoms with van der Waals surface area (Å²) in [7, 11) is -3.49. The SMILES string of the molecule is O=C(CCn1nnc2cc(S(=O)(=O)N3CCCC3)ccc21)NCc1ccccc1. The van der Waals surface area contributed by atoms with E-state index in [4.69, 9.17) is 0 Å². The number of rotatable bonds is 7. The molecule has 9 heteroatoms. The van der Waals surface area contributed by atoms with Crippen molar-refractivity contribution in [3.05, 3.63) is 54.1 Å². The van der Waals surface area contributed by atoms with E-state index in [1.54, 1.807) is 22.9 Å². The minimum atomic E-state index is -3.49. The lowest BCUT2D eigenvalue weighted by Gasteiger charge is -2.15. The molecule has 0 spiro atoms. The zero-order valence-corrected chi connectivity index (χ0v) is 16.8. The fraction of sp³-hybridized carbons (Fsp3) is 0.350. The Kier molecular flexibility index (Phi) is 5.59. The van der Waals surface area contributed by atoms with Gasteiger partial charge < -0.3 is 5.32 Å². The summed E-state index contributed by atoms with van der Waals surface area (Å²) in [6, 6.07) is 14.6. The molecule has 1 N–H and O–H groups in total. The molecule has 1 aliphatic heterocycles. The number of hydrogen-bond donors (Lipinski definition) is 1. The van der Waals surface area contributed by atoms with Gasteiger partial charge >= 0.3 is 0 Å². The first-order valence-electron chi connectivity index (χ1n) is 9.68. The van der Waals surface area contributed by atoms with Crippen molar-refractivity contribution < 1.29 is 13.2 Å². The number of benzene rings is 2. The van der Waals surface area contributed by atoms with Crippen LogP contribution < -0.4 is 5.32 Å². The highest BCUT2D eigenvalue weighted by Crippen LogP contribution is 2.23. The number of nitrogens with one attached hydrogen (secondary N) is 1. The van der Waals surface area contributed by atoms with Crippen molar-refractivity contribution in [1.82, 2.24) is 24.6 Å². The molecule has 2 heterocycles. The van der Waals surface area contributed by atoms with Crippen molar-refractivity contribution in [1.29, 1.82) is 0 Å². The molecule has 0 saturated carbocycles. The summed E-state index contributed by atoms with van der Waals surface area (Å²) in [5, 5.41) is 11.1. The fourth-order valence-electron chi connectivity index (χ4n) is 3.45. The van der Waals surface area contributed by atoms with Crippen LogP contribution in [-0.4, -0.2) is 46.7 Å². The van der Waals surface area contributed by atoms with Crippen molar-refractivity contribution in [3.8, 4) is 0 Å². The molecule has 1 aliphatic rings. The molecule has 4 rings (SSSR count). The predicted octanol–water partition coefficient (Wildman–Crippen LogP) is 1.92. The van der Waals surface area contributed by atoms with Crippen LogP contribution in [0.25, 0.3) is 11.0 Å². The minimum Gasteiger partial charge on any atom is -0.352 e. The number of aromatic nitrogens is 3. The molecule has 152 valence electrons. The van der Waals surface area contributed by atoms with Gasteiger partial charge in [0.1, 0.15) is 5.52 Å². The highest BCUT2D eigenvalue weighted by molar-refractivity contribution is 7.89. The second kappa shape index (κ2) is 8.30. The quantitative estimate of drug-likeness (QED) is 0.638. The Balaban J connectivity index is 1.40. The van der Waals surface area contributed by atoms with Gasteiger partial charge in [-0.3, -0.25) is 4.79 Å². The van der Waals surface area contributed by atoms with Crippen LogP contribution >= 0.6 is 0 Å². The third kappa shape index (κ3) is 4.30. The lowest BCUT2D eigenvalue weighted by atomic mass is 10.2. The summed E-state index contributed by atoms with van der Waals surface area (Å²) in [6.07, 6.45) is 2.05. The first-order valence-corrected chi connectivity index (χ1v) is 11.1. The van der Waals surface area contributed by atoms with Crippen molar-refractivity contribution in [3.63, 3.8) is 0 Å². The van der Waals surface area contributed by atoms with Gasteiger partial charge in [0, 0.05) is 26.1 Å². The summed E-state index contributed by atoms with van der Waals surface area (Å²) < 4.78 is 28.6. The largest absolute Gasteiger partial charge is 0.352 e. The van der Waals surface area contributed by atoms with Gasteiger partial charge in [0.05, 0.1) is 17.0 Å². The van der Waals surface area contributed by atoms with Crippen molar-refractivity contribution in [2.24, 2.45) is 0 Å². The highest BCUT2D eigenvalue weighted by atomic mass is 32.2. The maximum Gasteiger partial charge on any atom is 0.243 e. The van der Waals surface area contributed by atoms with Crippen LogP contribution in [0.2, 0.25) is 0 Å². The van der Waals surface area contributed by atoms with E-state index in [2.05, 4.69) is 15.6 Å². The van der Waals surface area contributed by atoms with Crippen LogP contribution in [0.3, 0.4) is 0 Å². The number of carbonyl (C=O) groups is 1. The summed E-state index contributed by atoms with van der Waals surface area (Å²) >= 11 is 0. The van der Waals surface area contributed by atoms with Crippen LogP contribution in [0.15, 0.2) is 53.4 Å². The third-order valence-electron chi connectivity index (χ3n) is 5.07. The maximum atomic E-state index is 12.7. The Morgan fingerprint density at radius 1 is 1.07 bits per heavy atom. The van der Waals surface area contributed by atoms with Crippen LogP contribution in [0.1, 0.15) is 24.8 Å². The number of fused-ring (bicyclic) bond motifs is 1. The molecule has 0 bridgehead atoms. The molecule has 29 heavy (non-hydrogen) atoms. The average molecular weight is 414 g/mol. The first kappa shape index (κ1) is 19.5. The molecule has 8 nitrogen and oxygen atoms in total. The Morgan fingerprint density at radius 3 is 2.59 bits per heavy atom. The molecule has 0 aliphatic carbocycles. The molecule has 1 amide bonds. The van der Waals surface area contributed by atoms with E-state index >= 15 is 0 Å². The maximum absolute atomic E-state index is 12.7. The average Bonchev–Trinajstić information content (AvgIpc) is 3.41. The number of sulfonamides is 1. The first-order chi connectivity index (χ1) is 14.0. The molecule has 1 saturated heterocycles. The van der Waals surface area contributed by atoms with Gasteiger partial charge in [0.2, 0.25) is 15.9 Å². The van der Waals surface area contributed by atoms with Gasteiger partial charge in [-0.05, 0) is 36.6 Å². The van der Waals surface area contributed by atoms with Crippen molar-refractivity contribution in [2.75, 3.05) is 13.1 Å². The van der Waals surface area contributed by atoms with Crippen molar-refractivity contribution in [2.45, 2.75) is 37.2 Å². The Hall–Kier alpha value is -2.78. The summed E-state index contributed by atoms with van der Waals surface area (Å²) in [5.74, 6) is -0.0780. The molecule has 0 unspecified atom stereocenters. The zero-order valence-electron chi connectivity index (χ0n) is 16.0. The van der Waals surface area contributed by atoms with E-state index in [9.17, 15) is 13.2 Å². The van der Waals surface area contributed by atoms with E-state index in [0.29, 0.717) is 37.2 Å². The van der Waals surface area contributed by atoms with Gasteiger partial charge in [-0.2, -0.15) is 4.31 Å². The Labute approximate surface area is 169 Å². The predicted molar refractivity (Wildman–Crippen MR) is 108 cm³/mol. The fourth-order valence-corrected chi connectivity index (χ4v) is 4.99. The van der Waals surface area contributed by atoms with Crippen LogP contribution in [0.5, 0.6) is 0 Å². The number of amides is 1. The number of hydrogen-bond acceptors (Lipinski definition) is 5. The van der Waals surface area contributed by atoms with E-state index in [1.165, 1.54) is 4.31 Å². The molecule has 1 fully saturated rings. The Bertz CT molecular complexity index is 1110. The molecule has 1 aromatic heterocycles. The minimum absolute atomic E-state index is 0.0780. The lowest BCUT2D eigenvalue weighted by Crippen LogP contribution is -2.27. The van der Waals surface area contributed by atoms with Crippen LogP contribution in [-0.2, 0) is 27.9 Å². The standard InChI is InChI=1S/C20H23N5O3S/c26-20(21-15-16-6-2-1-3-7-16)10-13-25-19-9-8-17(14-18(19)22-23-25)29(27,28)24-11-4-5-12-24/h1-3,6-9,14H,4-5,10-13,15H2,(H,21,26).